The monoisotopic (exact) mass is 160 g/mol. The van der Waals surface area contributed by atoms with Crippen LogP contribution in [0.4, 0.5) is 4.79 Å². The SMILES string of the molecule is CNC(=O)NCC(C)C(=O)O. The Morgan fingerprint density at radius 2 is 2.09 bits per heavy atom. The van der Waals surface area contributed by atoms with Gasteiger partial charge in [-0.15, -0.1) is 0 Å². The number of carboxylic acids is 1. The molecule has 0 saturated heterocycles. The second kappa shape index (κ2) is 4.54. The van der Waals surface area contributed by atoms with Crippen LogP contribution in [0, 0.1) is 5.92 Å². The van der Waals surface area contributed by atoms with E-state index in [1.165, 1.54) is 14.0 Å². The molecule has 0 aromatic rings. The summed E-state index contributed by atoms with van der Waals surface area (Å²) in [6.45, 7) is 1.67. The van der Waals surface area contributed by atoms with Crippen molar-refractivity contribution in [3.8, 4) is 0 Å². The Morgan fingerprint density at radius 3 is 2.45 bits per heavy atom. The molecule has 0 aromatic carbocycles. The number of hydrogen-bond acceptors (Lipinski definition) is 2. The number of carbonyl (C=O) groups is 2. The molecule has 0 bridgehead atoms. The number of nitrogens with one attached hydrogen (secondary N) is 2. The topological polar surface area (TPSA) is 78.4 Å². The first-order chi connectivity index (χ1) is 5.07. The van der Waals surface area contributed by atoms with Gasteiger partial charge in [0.05, 0.1) is 5.92 Å². The Morgan fingerprint density at radius 1 is 1.55 bits per heavy atom. The van der Waals surface area contributed by atoms with Crippen molar-refractivity contribution in [3.05, 3.63) is 0 Å². The number of urea groups is 1. The summed E-state index contributed by atoms with van der Waals surface area (Å²) in [4.78, 5) is 20.8. The second-order valence-corrected chi connectivity index (χ2v) is 2.20. The summed E-state index contributed by atoms with van der Waals surface area (Å²) < 4.78 is 0. The first-order valence-electron chi connectivity index (χ1n) is 3.26. The molecule has 11 heavy (non-hydrogen) atoms. The smallest absolute Gasteiger partial charge is 0.314 e. The van der Waals surface area contributed by atoms with Crippen molar-refractivity contribution in [2.24, 2.45) is 5.92 Å². The van der Waals surface area contributed by atoms with E-state index in [-0.39, 0.29) is 12.6 Å². The van der Waals surface area contributed by atoms with Crippen molar-refractivity contribution in [2.75, 3.05) is 13.6 Å². The van der Waals surface area contributed by atoms with E-state index in [0.29, 0.717) is 0 Å². The molecule has 64 valence electrons. The Kier molecular flexibility index (Phi) is 4.02. The minimum Gasteiger partial charge on any atom is -0.481 e. The zero-order valence-corrected chi connectivity index (χ0v) is 6.55. The summed E-state index contributed by atoms with van der Waals surface area (Å²) in [5, 5.41) is 13.1. The standard InChI is InChI=1S/C6H12N2O3/c1-4(5(9)10)3-8-6(11)7-2/h4H,3H2,1-2H3,(H,9,10)(H2,7,8,11). The Bertz CT molecular complexity index is 158. The van der Waals surface area contributed by atoms with Crippen LogP contribution in [0.3, 0.4) is 0 Å². The molecule has 1 unspecified atom stereocenters. The number of carboxylic acid groups (broad SMARTS) is 1. The summed E-state index contributed by atoms with van der Waals surface area (Å²) in [6, 6.07) is -0.363. The molecule has 5 heteroatoms. The molecule has 0 aliphatic heterocycles. The third-order valence-corrected chi connectivity index (χ3v) is 1.22. The van der Waals surface area contributed by atoms with Crippen LogP contribution in [0.15, 0.2) is 0 Å². The lowest BCUT2D eigenvalue weighted by molar-refractivity contribution is -0.140. The number of aliphatic carboxylic acids is 1. The van der Waals surface area contributed by atoms with Gasteiger partial charge in [-0.05, 0) is 0 Å². The molecule has 0 radical (unpaired) electrons. The minimum absolute atomic E-state index is 0.148. The molecule has 2 amide bonds. The Labute approximate surface area is 64.8 Å². The van der Waals surface area contributed by atoms with Crippen LogP contribution in [0.1, 0.15) is 6.92 Å². The largest absolute Gasteiger partial charge is 0.481 e. The van der Waals surface area contributed by atoms with Crippen LogP contribution in [0.25, 0.3) is 0 Å². The average molecular weight is 160 g/mol. The van der Waals surface area contributed by atoms with Gasteiger partial charge < -0.3 is 15.7 Å². The van der Waals surface area contributed by atoms with Crippen LogP contribution in [-0.4, -0.2) is 30.7 Å². The number of rotatable bonds is 3. The Balaban J connectivity index is 3.54. The summed E-state index contributed by atoms with van der Waals surface area (Å²) in [5.41, 5.74) is 0. The fourth-order valence-electron chi connectivity index (χ4n) is 0.421. The quantitative estimate of drug-likeness (QED) is 0.527. The fourth-order valence-corrected chi connectivity index (χ4v) is 0.421. The van der Waals surface area contributed by atoms with Crippen LogP contribution in [0.2, 0.25) is 0 Å². The van der Waals surface area contributed by atoms with Crippen molar-refractivity contribution in [1.82, 2.24) is 10.6 Å². The van der Waals surface area contributed by atoms with E-state index in [9.17, 15) is 9.59 Å². The molecule has 0 heterocycles. The first-order valence-corrected chi connectivity index (χ1v) is 3.26. The lowest BCUT2D eigenvalue weighted by Crippen LogP contribution is -2.37. The highest BCUT2D eigenvalue weighted by Crippen LogP contribution is 1.90. The molecule has 0 aliphatic rings. The van der Waals surface area contributed by atoms with Gasteiger partial charge >= 0.3 is 12.0 Å². The van der Waals surface area contributed by atoms with Crippen molar-refractivity contribution >= 4 is 12.0 Å². The van der Waals surface area contributed by atoms with Crippen molar-refractivity contribution in [1.29, 1.82) is 0 Å². The van der Waals surface area contributed by atoms with Gasteiger partial charge in [-0.2, -0.15) is 0 Å². The van der Waals surface area contributed by atoms with Gasteiger partial charge in [-0.3, -0.25) is 4.79 Å². The maximum absolute atomic E-state index is 10.5. The number of hydrogen-bond donors (Lipinski definition) is 3. The van der Waals surface area contributed by atoms with Crippen molar-refractivity contribution in [3.63, 3.8) is 0 Å². The van der Waals surface area contributed by atoms with E-state index >= 15 is 0 Å². The highest BCUT2D eigenvalue weighted by Gasteiger charge is 2.10. The van der Waals surface area contributed by atoms with Crippen LogP contribution >= 0.6 is 0 Å². The molecule has 5 nitrogen and oxygen atoms in total. The molecular formula is C6H12N2O3. The highest BCUT2D eigenvalue weighted by molar-refractivity contribution is 5.75. The predicted molar refractivity (Wildman–Crippen MR) is 39.3 cm³/mol. The Hall–Kier alpha value is -1.26. The first kappa shape index (κ1) is 9.74. The maximum atomic E-state index is 10.5. The highest BCUT2D eigenvalue weighted by atomic mass is 16.4. The van der Waals surface area contributed by atoms with Gasteiger partial charge in [0.25, 0.3) is 0 Å². The van der Waals surface area contributed by atoms with Gasteiger partial charge in [0.15, 0.2) is 0 Å². The molecule has 0 spiro atoms. The van der Waals surface area contributed by atoms with Gasteiger partial charge in [0, 0.05) is 13.6 Å². The molecule has 3 N–H and O–H groups in total. The van der Waals surface area contributed by atoms with Crippen molar-refractivity contribution in [2.45, 2.75) is 6.92 Å². The lowest BCUT2D eigenvalue weighted by atomic mass is 10.2. The summed E-state index contributed by atoms with van der Waals surface area (Å²) in [5.74, 6) is -1.46. The van der Waals surface area contributed by atoms with E-state index in [1.807, 2.05) is 0 Å². The van der Waals surface area contributed by atoms with E-state index in [1.54, 1.807) is 0 Å². The third-order valence-electron chi connectivity index (χ3n) is 1.22. The lowest BCUT2D eigenvalue weighted by Gasteiger charge is -2.06. The molecule has 0 aromatic heterocycles. The zero-order chi connectivity index (χ0) is 8.85. The third kappa shape index (κ3) is 4.19. The van der Waals surface area contributed by atoms with Gasteiger partial charge in [-0.25, -0.2) is 4.79 Å². The molecular weight excluding hydrogens is 148 g/mol. The fraction of sp³-hybridized carbons (Fsp3) is 0.667. The molecule has 0 aliphatic carbocycles. The molecule has 0 fully saturated rings. The summed E-state index contributed by atoms with van der Waals surface area (Å²) >= 11 is 0. The number of amides is 2. The maximum Gasteiger partial charge on any atom is 0.314 e. The van der Waals surface area contributed by atoms with Crippen molar-refractivity contribution < 1.29 is 14.7 Å². The summed E-state index contributed by atoms with van der Waals surface area (Å²) in [6.07, 6.45) is 0. The minimum atomic E-state index is -0.915. The summed E-state index contributed by atoms with van der Waals surface area (Å²) in [7, 11) is 1.47. The van der Waals surface area contributed by atoms with Gasteiger partial charge in [0.1, 0.15) is 0 Å². The van der Waals surface area contributed by atoms with Gasteiger partial charge in [-0.1, -0.05) is 6.92 Å². The molecule has 1 atom stereocenters. The van der Waals surface area contributed by atoms with E-state index < -0.39 is 11.9 Å². The normalized spacial score (nSPS) is 11.8. The average Bonchev–Trinajstić information content (AvgIpc) is 1.99. The van der Waals surface area contributed by atoms with E-state index in [4.69, 9.17) is 5.11 Å². The van der Waals surface area contributed by atoms with E-state index in [2.05, 4.69) is 10.6 Å². The predicted octanol–water partition coefficient (Wildman–Crippen LogP) is -0.364. The number of carbonyl (C=O) groups excluding carboxylic acids is 1. The van der Waals surface area contributed by atoms with Crippen LogP contribution in [0.5, 0.6) is 0 Å². The molecule has 0 saturated carbocycles. The van der Waals surface area contributed by atoms with Crippen LogP contribution in [-0.2, 0) is 4.79 Å². The van der Waals surface area contributed by atoms with Crippen LogP contribution < -0.4 is 10.6 Å². The van der Waals surface area contributed by atoms with E-state index in [0.717, 1.165) is 0 Å². The zero-order valence-electron chi connectivity index (χ0n) is 6.55. The van der Waals surface area contributed by atoms with Gasteiger partial charge in [0.2, 0.25) is 0 Å². The molecule has 0 rings (SSSR count). The second-order valence-electron chi connectivity index (χ2n) is 2.20.